The van der Waals surface area contributed by atoms with Crippen LogP contribution in [0.4, 0.5) is 4.79 Å². The van der Waals surface area contributed by atoms with E-state index in [0.29, 0.717) is 13.2 Å². The minimum Gasteiger partial charge on any atom is -0.337 e. The Kier molecular flexibility index (Phi) is 9.21. The van der Waals surface area contributed by atoms with Crippen LogP contribution in [0.2, 0.25) is 0 Å². The van der Waals surface area contributed by atoms with Crippen molar-refractivity contribution in [3.8, 4) is 0 Å². The molecule has 2 amide bonds. The van der Waals surface area contributed by atoms with Crippen molar-refractivity contribution in [2.45, 2.75) is 39.5 Å². The molecule has 15 heavy (non-hydrogen) atoms. The summed E-state index contributed by atoms with van der Waals surface area (Å²) in [4.78, 5) is 21.6. The van der Waals surface area contributed by atoms with Crippen molar-refractivity contribution in [2.24, 2.45) is 0 Å². The van der Waals surface area contributed by atoms with Crippen molar-refractivity contribution in [2.75, 3.05) is 20.3 Å². The number of amides is 2. The van der Waals surface area contributed by atoms with E-state index < -0.39 is 0 Å². The molecular formula is C10H22N2O3. The molecule has 1 N–H and O–H groups in total. The molecule has 0 rings (SSSR count). The summed E-state index contributed by atoms with van der Waals surface area (Å²) in [6, 6.07) is -0.373. The molecule has 0 aliphatic heterocycles. The SMILES string of the molecule is CCCCON(OCCCC)C(=O)NC. The first-order valence-electron chi connectivity index (χ1n) is 5.53. The fraction of sp³-hybridized carbons (Fsp3) is 0.900. The Balaban J connectivity index is 3.79. The van der Waals surface area contributed by atoms with Gasteiger partial charge >= 0.3 is 6.03 Å². The fourth-order valence-corrected chi connectivity index (χ4v) is 0.829. The molecule has 0 aromatic rings. The van der Waals surface area contributed by atoms with Gasteiger partial charge in [0.05, 0.1) is 13.2 Å². The highest BCUT2D eigenvalue weighted by Gasteiger charge is 2.12. The third kappa shape index (κ3) is 7.16. The van der Waals surface area contributed by atoms with E-state index >= 15 is 0 Å². The van der Waals surface area contributed by atoms with E-state index in [1.165, 1.54) is 0 Å². The lowest BCUT2D eigenvalue weighted by atomic mass is 10.4. The van der Waals surface area contributed by atoms with Crippen molar-refractivity contribution in [1.82, 2.24) is 10.5 Å². The number of rotatable bonds is 8. The van der Waals surface area contributed by atoms with Crippen molar-refractivity contribution in [1.29, 1.82) is 0 Å². The van der Waals surface area contributed by atoms with Crippen LogP contribution in [0.1, 0.15) is 39.5 Å². The highest BCUT2D eigenvalue weighted by molar-refractivity contribution is 5.71. The molecule has 0 bridgehead atoms. The van der Waals surface area contributed by atoms with E-state index in [1.54, 1.807) is 7.05 Å². The predicted octanol–water partition coefficient (Wildman–Crippen LogP) is 2.09. The average Bonchev–Trinajstić information content (AvgIpc) is 2.26. The Morgan fingerprint density at radius 2 is 1.60 bits per heavy atom. The second-order valence-electron chi connectivity index (χ2n) is 3.19. The molecule has 0 radical (unpaired) electrons. The van der Waals surface area contributed by atoms with E-state index in [1.807, 2.05) is 0 Å². The van der Waals surface area contributed by atoms with E-state index in [2.05, 4.69) is 19.2 Å². The van der Waals surface area contributed by atoms with E-state index in [0.717, 1.165) is 30.9 Å². The van der Waals surface area contributed by atoms with Crippen LogP contribution in [-0.2, 0) is 9.68 Å². The zero-order valence-corrected chi connectivity index (χ0v) is 9.91. The van der Waals surface area contributed by atoms with Crippen LogP contribution in [0.25, 0.3) is 0 Å². The maximum absolute atomic E-state index is 11.3. The van der Waals surface area contributed by atoms with Gasteiger partial charge in [0.25, 0.3) is 0 Å². The zero-order chi connectivity index (χ0) is 11.5. The molecule has 0 atom stereocenters. The van der Waals surface area contributed by atoms with Gasteiger partial charge in [0.2, 0.25) is 0 Å². The largest absolute Gasteiger partial charge is 0.366 e. The normalized spacial score (nSPS) is 10.1. The molecule has 0 spiro atoms. The highest BCUT2D eigenvalue weighted by Crippen LogP contribution is 1.99. The molecule has 0 saturated carbocycles. The molecule has 5 heteroatoms. The average molecular weight is 218 g/mol. The molecule has 0 unspecified atom stereocenters. The van der Waals surface area contributed by atoms with Gasteiger partial charge in [-0.25, -0.2) is 14.5 Å². The van der Waals surface area contributed by atoms with Gasteiger partial charge in [-0.1, -0.05) is 31.9 Å². The van der Waals surface area contributed by atoms with E-state index in [9.17, 15) is 4.79 Å². The number of carbonyl (C=O) groups is 1. The Labute approximate surface area is 91.6 Å². The molecule has 0 heterocycles. The van der Waals surface area contributed by atoms with Gasteiger partial charge in [0.15, 0.2) is 0 Å². The number of unbranched alkanes of at least 4 members (excludes halogenated alkanes) is 2. The maximum Gasteiger partial charge on any atom is 0.366 e. The Morgan fingerprint density at radius 1 is 1.13 bits per heavy atom. The first kappa shape index (κ1) is 14.2. The molecule has 0 aromatic carbocycles. The highest BCUT2D eigenvalue weighted by atomic mass is 17.0. The zero-order valence-electron chi connectivity index (χ0n) is 9.91. The van der Waals surface area contributed by atoms with Crippen molar-refractivity contribution in [3.05, 3.63) is 0 Å². The molecule has 0 aliphatic carbocycles. The number of carbonyl (C=O) groups excluding carboxylic acids is 1. The second-order valence-corrected chi connectivity index (χ2v) is 3.19. The van der Waals surface area contributed by atoms with Crippen molar-refractivity contribution in [3.63, 3.8) is 0 Å². The summed E-state index contributed by atoms with van der Waals surface area (Å²) in [6.45, 7) is 5.11. The van der Waals surface area contributed by atoms with Gasteiger partial charge in [-0.05, 0) is 12.8 Å². The molecule has 0 aliphatic rings. The molecule has 5 nitrogen and oxygen atoms in total. The third-order valence-corrected chi connectivity index (χ3v) is 1.79. The van der Waals surface area contributed by atoms with Crippen molar-refractivity contribution >= 4 is 6.03 Å². The third-order valence-electron chi connectivity index (χ3n) is 1.79. The number of hydroxylamine groups is 2. The van der Waals surface area contributed by atoms with Crippen LogP contribution < -0.4 is 5.32 Å². The fourth-order valence-electron chi connectivity index (χ4n) is 0.829. The van der Waals surface area contributed by atoms with Gasteiger partial charge in [0, 0.05) is 7.05 Å². The minimum atomic E-state index is -0.373. The Bertz CT molecular complexity index is 155. The topological polar surface area (TPSA) is 50.8 Å². The molecular weight excluding hydrogens is 196 g/mol. The smallest absolute Gasteiger partial charge is 0.337 e. The Hall–Kier alpha value is -0.810. The summed E-state index contributed by atoms with van der Waals surface area (Å²) in [5, 5.41) is 3.39. The van der Waals surface area contributed by atoms with Crippen LogP contribution in [0.3, 0.4) is 0 Å². The number of nitrogens with zero attached hydrogens (tertiary/aromatic N) is 1. The summed E-state index contributed by atoms with van der Waals surface area (Å²) in [5.41, 5.74) is 0. The molecule has 0 aromatic heterocycles. The van der Waals surface area contributed by atoms with E-state index in [-0.39, 0.29) is 6.03 Å². The summed E-state index contributed by atoms with van der Waals surface area (Å²) >= 11 is 0. The lowest BCUT2D eigenvalue weighted by Gasteiger charge is -2.19. The summed E-state index contributed by atoms with van der Waals surface area (Å²) < 4.78 is 0. The molecule has 0 saturated heterocycles. The van der Waals surface area contributed by atoms with Crippen LogP contribution >= 0.6 is 0 Å². The van der Waals surface area contributed by atoms with Gasteiger partial charge < -0.3 is 5.32 Å². The van der Waals surface area contributed by atoms with Crippen LogP contribution in [0, 0.1) is 0 Å². The van der Waals surface area contributed by atoms with Gasteiger partial charge in [-0.2, -0.15) is 0 Å². The summed E-state index contributed by atoms with van der Waals surface area (Å²) in [7, 11) is 1.54. The van der Waals surface area contributed by atoms with Crippen LogP contribution in [0.5, 0.6) is 0 Å². The lowest BCUT2D eigenvalue weighted by Crippen LogP contribution is -2.38. The maximum atomic E-state index is 11.3. The van der Waals surface area contributed by atoms with Gasteiger partial charge in [-0.3, -0.25) is 0 Å². The minimum absolute atomic E-state index is 0.373. The number of urea groups is 1. The standard InChI is InChI=1S/C10H22N2O3/c1-4-6-8-14-12(10(13)11-3)15-9-7-5-2/h4-9H2,1-3H3,(H,11,13). The number of nitrogens with one attached hydrogen (secondary N) is 1. The van der Waals surface area contributed by atoms with Crippen LogP contribution in [-0.4, -0.2) is 31.5 Å². The lowest BCUT2D eigenvalue weighted by molar-refractivity contribution is -0.327. The second kappa shape index (κ2) is 9.73. The quantitative estimate of drug-likeness (QED) is 0.501. The monoisotopic (exact) mass is 218 g/mol. The number of hydrogen-bond acceptors (Lipinski definition) is 3. The summed E-state index contributed by atoms with van der Waals surface area (Å²) in [6.07, 6.45) is 3.86. The van der Waals surface area contributed by atoms with Crippen LogP contribution in [0.15, 0.2) is 0 Å². The number of hydrogen-bond donors (Lipinski definition) is 1. The first-order valence-corrected chi connectivity index (χ1v) is 5.53. The molecule has 90 valence electrons. The first-order chi connectivity index (χ1) is 7.26. The summed E-state index contributed by atoms with van der Waals surface area (Å²) in [5.74, 6) is 0. The molecule has 0 fully saturated rings. The predicted molar refractivity (Wildman–Crippen MR) is 58.0 cm³/mol. The Morgan fingerprint density at radius 3 is 1.93 bits per heavy atom. The van der Waals surface area contributed by atoms with E-state index in [4.69, 9.17) is 9.68 Å². The van der Waals surface area contributed by atoms with Crippen molar-refractivity contribution < 1.29 is 14.5 Å². The van der Waals surface area contributed by atoms with Gasteiger partial charge in [0.1, 0.15) is 0 Å². The van der Waals surface area contributed by atoms with Gasteiger partial charge in [-0.15, -0.1) is 0 Å².